The van der Waals surface area contributed by atoms with Gasteiger partial charge in [0.1, 0.15) is 0 Å². The van der Waals surface area contributed by atoms with Gasteiger partial charge in [-0.2, -0.15) is 5.26 Å². The molecule has 0 unspecified atom stereocenters. The van der Waals surface area contributed by atoms with Gasteiger partial charge in [-0.1, -0.05) is 12.1 Å². The summed E-state index contributed by atoms with van der Waals surface area (Å²) in [6.45, 7) is 0. The molecule has 0 atom stereocenters. The first-order chi connectivity index (χ1) is 7.54. The van der Waals surface area contributed by atoms with Gasteiger partial charge >= 0.3 is 5.70 Å². The van der Waals surface area contributed by atoms with E-state index >= 15 is 0 Å². The summed E-state index contributed by atoms with van der Waals surface area (Å²) in [6, 6.07) is 8.67. The quantitative estimate of drug-likeness (QED) is 0.440. The molecular formula is C11H11N3O2. The van der Waals surface area contributed by atoms with E-state index < -0.39 is 10.6 Å². The summed E-state index contributed by atoms with van der Waals surface area (Å²) < 4.78 is 0. The molecule has 0 saturated heterocycles. The van der Waals surface area contributed by atoms with Crippen LogP contribution < -0.4 is 4.90 Å². The Morgan fingerprint density at radius 3 is 2.38 bits per heavy atom. The summed E-state index contributed by atoms with van der Waals surface area (Å²) >= 11 is 0. The van der Waals surface area contributed by atoms with E-state index in [0.717, 1.165) is 5.69 Å². The second-order valence-corrected chi connectivity index (χ2v) is 3.38. The van der Waals surface area contributed by atoms with Crippen LogP contribution in [-0.2, 0) is 0 Å². The molecule has 82 valence electrons. The van der Waals surface area contributed by atoms with Crippen LogP contribution in [0.25, 0.3) is 6.08 Å². The largest absolute Gasteiger partial charge is 0.378 e. The van der Waals surface area contributed by atoms with Crippen molar-refractivity contribution in [2.75, 3.05) is 19.0 Å². The second kappa shape index (κ2) is 4.94. The summed E-state index contributed by atoms with van der Waals surface area (Å²) in [5.74, 6) is 0. The zero-order valence-corrected chi connectivity index (χ0v) is 9.04. The number of nitriles is 1. The standard InChI is InChI=1S/C11H11N3O2/c1-13(2)10-5-3-9(4-6-10)7-11(8-12)14(15)16/h3-7H,1-2H3/b11-7+. The van der Waals surface area contributed by atoms with Crippen molar-refractivity contribution in [3.8, 4) is 6.07 Å². The second-order valence-electron chi connectivity index (χ2n) is 3.38. The number of hydrogen-bond acceptors (Lipinski definition) is 4. The summed E-state index contributed by atoms with van der Waals surface area (Å²) in [7, 11) is 3.81. The van der Waals surface area contributed by atoms with E-state index in [-0.39, 0.29) is 0 Å². The molecule has 5 heteroatoms. The highest BCUT2D eigenvalue weighted by Crippen LogP contribution is 2.14. The lowest BCUT2D eigenvalue weighted by atomic mass is 10.2. The number of nitro groups is 1. The van der Waals surface area contributed by atoms with Gasteiger partial charge in [0.2, 0.25) is 0 Å². The monoisotopic (exact) mass is 217 g/mol. The van der Waals surface area contributed by atoms with Crippen LogP contribution in [0.4, 0.5) is 5.69 Å². The van der Waals surface area contributed by atoms with Crippen LogP contribution in [0, 0.1) is 21.4 Å². The van der Waals surface area contributed by atoms with Crippen LogP contribution in [0.3, 0.4) is 0 Å². The summed E-state index contributed by atoms with van der Waals surface area (Å²) in [5.41, 5.74) is 1.17. The first-order valence-electron chi connectivity index (χ1n) is 4.58. The maximum Gasteiger partial charge on any atom is 0.346 e. The fourth-order valence-electron chi connectivity index (χ4n) is 1.15. The molecule has 0 radical (unpaired) electrons. The maximum atomic E-state index is 10.4. The van der Waals surface area contributed by atoms with Gasteiger partial charge < -0.3 is 4.90 Å². The van der Waals surface area contributed by atoms with Gasteiger partial charge in [-0.25, -0.2) is 0 Å². The molecule has 1 aromatic carbocycles. The van der Waals surface area contributed by atoms with E-state index in [1.54, 1.807) is 12.1 Å². The van der Waals surface area contributed by atoms with E-state index in [4.69, 9.17) is 5.26 Å². The van der Waals surface area contributed by atoms with Crippen LogP contribution in [0.2, 0.25) is 0 Å². The van der Waals surface area contributed by atoms with Crippen molar-refractivity contribution >= 4 is 11.8 Å². The first-order valence-corrected chi connectivity index (χ1v) is 4.58. The molecular weight excluding hydrogens is 206 g/mol. The Balaban J connectivity index is 3.00. The number of hydrogen-bond donors (Lipinski definition) is 0. The molecule has 16 heavy (non-hydrogen) atoms. The summed E-state index contributed by atoms with van der Waals surface area (Å²) in [5, 5.41) is 18.9. The van der Waals surface area contributed by atoms with Crippen molar-refractivity contribution in [3.63, 3.8) is 0 Å². The Kier molecular flexibility index (Phi) is 3.62. The van der Waals surface area contributed by atoms with E-state index in [2.05, 4.69) is 0 Å². The number of allylic oxidation sites excluding steroid dienone is 1. The molecule has 0 fully saturated rings. The molecule has 0 aliphatic heterocycles. The predicted octanol–water partition coefficient (Wildman–Crippen LogP) is 1.89. The molecule has 0 aliphatic carbocycles. The fraction of sp³-hybridized carbons (Fsp3) is 0.182. The Bertz CT molecular complexity index is 455. The molecule has 5 nitrogen and oxygen atoms in total. The van der Waals surface area contributed by atoms with Crippen LogP contribution in [0.1, 0.15) is 5.56 Å². The number of nitrogens with zero attached hydrogens (tertiary/aromatic N) is 3. The predicted molar refractivity (Wildman–Crippen MR) is 61.4 cm³/mol. The van der Waals surface area contributed by atoms with Gasteiger partial charge in [0.15, 0.2) is 6.07 Å². The van der Waals surface area contributed by atoms with Crippen molar-refractivity contribution in [2.45, 2.75) is 0 Å². The van der Waals surface area contributed by atoms with Gasteiger partial charge in [0.05, 0.1) is 4.92 Å². The van der Waals surface area contributed by atoms with Crippen molar-refractivity contribution in [1.29, 1.82) is 5.26 Å². The van der Waals surface area contributed by atoms with Crippen LogP contribution in [0.5, 0.6) is 0 Å². The minimum atomic E-state index is -0.695. The molecule has 0 aromatic heterocycles. The van der Waals surface area contributed by atoms with Crippen molar-refractivity contribution in [2.24, 2.45) is 0 Å². The molecule has 0 aliphatic rings. The molecule has 1 aromatic rings. The van der Waals surface area contributed by atoms with E-state index in [1.807, 2.05) is 31.1 Å². The Morgan fingerprint density at radius 2 is 2.00 bits per heavy atom. The van der Waals surface area contributed by atoms with Crippen LogP contribution in [0.15, 0.2) is 30.0 Å². The number of anilines is 1. The molecule has 0 saturated carbocycles. The molecule has 0 bridgehead atoms. The van der Waals surface area contributed by atoms with E-state index in [0.29, 0.717) is 5.56 Å². The van der Waals surface area contributed by atoms with Gasteiger partial charge in [0, 0.05) is 25.9 Å². The SMILES string of the molecule is CN(C)c1ccc(/C=C(\C#N)[N+](=O)[O-])cc1. The molecule has 0 heterocycles. The lowest BCUT2D eigenvalue weighted by Gasteiger charge is -2.11. The van der Waals surface area contributed by atoms with Gasteiger partial charge in [-0.05, 0) is 17.7 Å². The lowest BCUT2D eigenvalue weighted by Crippen LogP contribution is -2.07. The van der Waals surface area contributed by atoms with Gasteiger partial charge in [0.25, 0.3) is 0 Å². The smallest absolute Gasteiger partial charge is 0.346 e. The van der Waals surface area contributed by atoms with Crippen LogP contribution >= 0.6 is 0 Å². The van der Waals surface area contributed by atoms with Crippen LogP contribution in [-0.4, -0.2) is 19.0 Å². The topological polar surface area (TPSA) is 70.2 Å². The number of benzene rings is 1. The lowest BCUT2D eigenvalue weighted by molar-refractivity contribution is -0.415. The average molecular weight is 217 g/mol. The van der Waals surface area contributed by atoms with Gasteiger partial charge in [-0.15, -0.1) is 0 Å². The van der Waals surface area contributed by atoms with Crippen molar-refractivity contribution < 1.29 is 4.92 Å². The van der Waals surface area contributed by atoms with Crippen molar-refractivity contribution in [1.82, 2.24) is 0 Å². The minimum Gasteiger partial charge on any atom is -0.378 e. The highest BCUT2D eigenvalue weighted by molar-refractivity contribution is 5.58. The zero-order chi connectivity index (χ0) is 12.1. The average Bonchev–Trinajstić information content (AvgIpc) is 2.26. The first kappa shape index (κ1) is 11.7. The third-order valence-corrected chi connectivity index (χ3v) is 2.02. The third kappa shape index (κ3) is 2.82. The van der Waals surface area contributed by atoms with E-state index in [1.165, 1.54) is 12.1 Å². The summed E-state index contributed by atoms with van der Waals surface area (Å²) in [6.07, 6.45) is 1.25. The number of rotatable bonds is 3. The maximum absolute atomic E-state index is 10.4. The van der Waals surface area contributed by atoms with E-state index in [9.17, 15) is 10.1 Å². The summed E-state index contributed by atoms with van der Waals surface area (Å²) in [4.78, 5) is 11.6. The van der Waals surface area contributed by atoms with Crippen molar-refractivity contribution in [3.05, 3.63) is 45.6 Å². The fourth-order valence-corrected chi connectivity index (χ4v) is 1.15. The molecule has 0 amide bonds. The Hall–Kier alpha value is -2.35. The normalized spacial score (nSPS) is 10.7. The Morgan fingerprint density at radius 1 is 1.44 bits per heavy atom. The molecule has 0 N–H and O–H groups in total. The minimum absolute atomic E-state index is 0.461. The third-order valence-electron chi connectivity index (χ3n) is 2.02. The van der Waals surface area contributed by atoms with Gasteiger partial charge in [-0.3, -0.25) is 10.1 Å². The highest BCUT2D eigenvalue weighted by atomic mass is 16.6. The molecule has 1 rings (SSSR count). The molecule has 0 spiro atoms. The highest BCUT2D eigenvalue weighted by Gasteiger charge is 2.08. The Labute approximate surface area is 93.4 Å². The zero-order valence-electron chi connectivity index (χ0n) is 9.04.